The molecule has 1 aromatic carbocycles. The number of aromatic nitrogens is 1. The van der Waals surface area contributed by atoms with Crippen LogP contribution in [0.1, 0.15) is 74.8 Å². The summed E-state index contributed by atoms with van der Waals surface area (Å²) in [6.45, 7) is 3.22. The molecule has 4 heterocycles. The highest BCUT2D eigenvalue weighted by Crippen LogP contribution is 2.40. The van der Waals surface area contributed by atoms with Gasteiger partial charge in [0.2, 0.25) is 11.8 Å². The van der Waals surface area contributed by atoms with Gasteiger partial charge >= 0.3 is 12.4 Å². The van der Waals surface area contributed by atoms with Crippen molar-refractivity contribution in [1.29, 1.82) is 5.26 Å². The number of benzene rings is 1. The van der Waals surface area contributed by atoms with Crippen LogP contribution in [0.2, 0.25) is 5.02 Å². The lowest BCUT2D eigenvalue weighted by molar-refractivity contribution is -0.197. The topological polar surface area (TPSA) is 139 Å². The minimum absolute atomic E-state index is 0.00858. The summed E-state index contributed by atoms with van der Waals surface area (Å²) in [6, 6.07) is 4.96. The number of halogens is 7. The maximum absolute atomic E-state index is 14.3. The highest BCUT2D eigenvalue weighted by atomic mass is 35.5. The number of amides is 3. The Labute approximate surface area is 353 Å². The summed E-state index contributed by atoms with van der Waals surface area (Å²) >= 11 is 11.9. The van der Waals surface area contributed by atoms with Gasteiger partial charge in [-0.3, -0.25) is 39.2 Å². The quantitative estimate of drug-likeness (QED) is 0.162. The molecule has 20 heteroatoms. The van der Waals surface area contributed by atoms with E-state index < -0.39 is 59.3 Å². The first-order valence-electron chi connectivity index (χ1n) is 19.6. The fraction of sp³-hybridized carbons (Fsp3) is 0.575. The molecule has 1 aliphatic carbocycles. The van der Waals surface area contributed by atoms with E-state index in [1.807, 2.05) is 0 Å². The summed E-state index contributed by atoms with van der Waals surface area (Å²) in [5, 5.41) is 11.8. The van der Waals surface area contributed by atoms with Crippen molar-refractivity contribution in [1.82, 2.24) is 25.0 Å². The first kappa shape index (κ1) is 45.3. The summed E-state index contributed by atoms with van der Waals surface area (Å²) in [5.41, 5.74) is -2.27. The Bertz CT molecular complexity index is 2050. The summed E-state index contributed by atoms with van der Waals surface area (Å²) in [6.07, 6.45) is -5.73. The second-order valence-corrected chi connectivity index (χ2v) is 17.0. The molecule has 1 saturated carbocycles. The minimum atomic E-state index is -4.88. The number of Topliss-reactive ketones (excluding diaryl/α,β-unsaturated/α-hetero) is 1. The number of ether oxygens (including phenoxy) is 1. The molecule has 60 heavy (non-hydrogen) atoms. The van der Waals surface area contributed by atoms with E-state index >= 15 is 0 Å². The first-order valence-corrected chi connectivity index (χ1v) is 20.4. The number of nitrogens with one attached hydrogen (secondary N) is 1. The van der Waals surface area contributed by atoms with Gasteiger partial charge in [0, 0.05) is 56.0 Å². The van der Waals surface area contributed by atoms with Crippen molar-refractivity contribution >= 4 is 58.1 Å². The van der Waals surface area contributed by atoms with Crippen molar-refractivity contribution in [2.45, 2.75) is 101 Å². The number of rotatable bonds is 12. The monoisotopic (exact) mass is 883 g/mol. The Morgan fingerprint density at radius 2 is 1.73 bits per heavy atom. The predicted octanol–water partition coefficient (Wildman–Crippen LogP) is 5.62. The molecule has 2 atom stereocenters. The third-order valence-corrected chi connectivity index (χ3v) is 12.2. The molecule has 6 rings (SSSR count). The second-order valence-electron chi connectivity index (χ2n) is 16.2. The SMILES string of the molecule is CC1(C)C(=O)N(c2cnc(C#N)c(C(F)(F)F)c2)C(=S)N1C1CCC(OCCN2CCN(CC(=O)Cc3cc(Cl)cc(CC4CCC(=O)NC4=O)c3)[C@@H](C(F)(F)F)C2)CC1. The summed E-state index contributed by atoms with van der Waals surface area (Å²) in [7, 11) is 0. The molecule has 3 amide bonds. The molecule has 1 unspecified atom stereocenters. The van der Waals surface area contributed by atoms with E-state index in [0.29, 0.717) is 60.7 Å². The average Bonchev–Trinajstić information content (AvgIpc) is 3.34. The van der Waals surface area contributed by atoms with Gasteiger partial charge in [-0.1, -0.05) is 17.7 Å². The van der Waals surface area contributed by atoms with Gasteiger partial charge in [-0.05, 0) is 93.9 Å². The van der Waals surface area contributed by atoms with Gasteiger partial charge < -0.3 is 9.64 Å². The number of ketones is 1. The van der Waals surface area contributed by atoms with Gasteiger partial charge in [0.25, 0.3) is 5.91 Å². The molecule has 0 spiro atoms. The smallest absolute Gasteiger partial charge is 0.377 e. The summed E-state index contributed by atoms with van der Waals surface area (Å²) < 4.78 is 90.2. The van der Waals surface area contributed by atoms with E-state index in [2.05, 4.69) is 10.3 Å². The predicted molar refractivity (Wildman–Crippen MR) is 210 cm³/mol. The summed E-state index contributed by atoms with van der Waals surface area (Å²) in [4.78, 5) is 59.7. The zero-order valence-electron chi connectivity index (χ0n) is 32.9. The van der Waals surface area contributed by atoms with Crippen LogP contribution in [0.5, 0.6) is 0 Å². The van der Waals surface area contributed by atoms with Crippen molar-refractivity contribution in [3.63, 3.8) is 0 Å². The van der Waals surface area contributed by atoms with E-state index in [9.17, 15) is 45.5 Å². The van der Waals surface area contributed by atoms with Gasteiger partial charge in [0.15, 0.2) is 16.6 Å². The van der Waals surface area contributed by atoms with Crippen LogP contribution in [0.3, 0.4) is 0 Å². The molecule has 12 nitrogen and oxygen atoms in total. The zero-order chi connectivity index (χ0) is 43.7. The van der Waals surface area contributed by atoms with Crippen LogP contribution in [0.15, 0.2) is 30.5 Å². The number of imide groups is 1. The minimum Gasteiger partial charge on any atom is -0.377 e. The van der Waals surface area contributed by atoms with Gasteiger partial charge in [0.1, 0.15) is 17.6 Å². The van der Waals surface area contributed by atoms with Crippen molar-refractivity contribution in [2.24, 2.45) is 5.92 Å². The lowest BCUT2D eigenvalue weighted by Gasteiger charge is -2.42. The number of carbonyl (C=O) groups is 4. The fourth-order valence-corrected chi connectivity index (χ4v) is 9.44. The zero-order valence-corrected chi connectivity index (χ0v) is 34.4. The molecule has 324 valence electrons. The van der Waals surface area contributed by atoms with Crippen LogP contribution in [0, 0.1) is 17.2 Å². The third kappa shape index (κ3) is 10.3. The number of alkyl halides is 6. The Morgan fingerprint density at radius 1 is 1.03 bits per heavy atom. The van der Waals surface area contributed by atoms with Gasteiger partial charge in [0.05, 0.1) is 36.7 Å². The number of nitriles is 1. The number of hydrogen-bond acceptors (Lipinski definition) is 10. The van der Waals surface area contributed by atoms with Crippen molar-refractivity contribution < 1.29 is 50.3 Å². The molecule has 3 aliphatic heterocycles. The van der Waals surface area contributed by atoms with Crippen LogP contribution < -0.4 is 10.2 Å². The van der Waals surface area contributed by atoms with E-state index in [1.54, 1.807) is 41.8 Å². The summed E-state index contributed by atoms with van der Waals surface area (Å²) in [5.74, 6) is -2.10. The molecule has 4 fully saturated rings. The molecule has 1 N–H and O–H groups in total. The lowest BCUT2D eigenvalue weighted by Crippen LogP contribution is -2.60. The number of anilines is 1. The number of piperidine rings is 1. The first-order chi connectivity index (χ1) is 28.1. The Morgan fingerprint density at radius 3 is 2.38 bits per heavy atom. The second kappa shape index (κ2) is 18.0. The van der Waals surface area contributed by atoms with E-state index in [-0.39, 0.29) is 80.4 Å². The van der Waals surface area contributed by atoms with Crippen LogP contribution in [-0.4, -0.2) is 118 Å². The molecule has 2 aromatic rings. The van der Waals surface area contributed by atoms with Gasteiger partial charge in [-0.15, -0.1) is 0 Å². The Hall–Kier alpha value is -4.22. The molecular formula is C40H44ClF6N7O5S. The number of nitrogens with zero attached hydrogens (tertiary/aromatic N) is 6. The highest BCUT2D eigenvalue weighted by molar-refractivity contribution is 7.80. The van der Waals surface area contributed by atoms with Gasteiger partial charge in [-0.25, -0.2) is 4.98 Å². The molecule has 0 radical (unpaired) electrons. The van der Waals surface area contributed by atoms with Crippen molar-refractivity contribution in [2.75, 3.05) is 44.2 Å². The average molecular weight is 884 g/mol. The molecule has 4 aliphatic rings. The van der Waals surface area contributed by atoms with Gasteiger partial charge in [-0.2, -0.15) is 31.6 Å². The van der Waals surface area contributed by atoms with Crippen molar-refractivity contribution in [3.8, 4) is 6.07 Å². The Balaban J connectivity index is 0.980. The maximum Gasteiger partial charge on any atom is 0.419 e. The van der Waals surface area contributed by atoms with Crippen LogP contribution in [0.4, 0.5) is 32.0 Å². The Kier molecular flexibility index (Phi) is 13.6. The molecular weight excluding hydrogens is 840 g/mol. The van der Waals surface area contributed by atoms with E-state index in [4.69, 9.17) is 33.8 Å². The van der Waals surface area contributed by atoms with Crippen molar-refractivity contribution in [3.05, 3.63) is 57.9 Å². The van der Waals surface area contributed by atoms with Crippen LogP contribution in [-0.2, 0) is 42.9 Å². The fourth-order valence-electron chi connectivity index (χ4n) is 8.60. The number of piperazine rings is 1. The van der Waals surface area contributed by atoms with Crippen LogP contribution in [0.25, 0.3) is 0 Å². The maximum atomic E-state index is 14.3. The van der Waals surface area contributed by atoms with E-state index in [1.165, 1.54) is 6.07 Å². The van der Waals surface area contributed by atoms with Crippen LogP contribution >= 0.6 is 23.8 Å². The normalized spacial score (nSPS) is 24.5. The van der Waals surface area contributed by atoms with E-state index in [0.717, 1.165) is 16.0 Å². The number of thiocarbonyl (C=S) groups is 1. The number of hydrogen-bond donors (Lipinski definition) is 1. The molecule has 3 saturated heterocycles. The number of pyridine rings is 1. The number of carbonyl (C=O) groups excluding carboxylic acids is 4. The highest BCUT2D eigenvalue weighted by Gasteiger charge is 2.53. The third-order valence-electron chi connectivity index (χ3n) is 11.6. The standard InChI is InChI=1S/C40H44ClF6N7O5S/c1-38(2)36(58)53(28-18-31(39(42,43)44)32(19-48)49-20-28)37(60)54(38)27-4-6-30(7-5-27)59-12-11-51-9-10-52(33(22-51)40(45,46)47)21-29(55)17-24-13-23(15-26(41)16-24)14-25-3-8-34(56)50-35(25)57/h13,15-16,18,20,25,27,30,33H,3-12,14,17,21-22H2,1-2H3,(H,50,56,57)/t25?,27?,30?,33-/m1/s1. The molecule has 1 aromatic heterocycles. The lowest BCUT2D eigenvalue weighted by atomic mass is 9.89. The largest absolute Gasteiger partial charge is 0.419 e. The molecule has 0 bridgehead atoms.